The summed E-state index contributed by atoms with van der Waals surface area (Å²) in [6.45, 7) is 5.70. The van der Waals surface area contributed by atoms with Gasteiger partial charge < -0.3 is 34.9 Å². The van der Waals surface area contributed by atoms with Crippen LogP contribution < -0.4 is 16.0 Å². The number of Topliss-reactive ketones (excluding diaryl/α,β-unsaturated/α-hetero) is 1. The molecule has 1 aliphatic rings. The zero-order valence-corrected chi connectivity index (χ0v) is 22.5. The Morgan fingerprint density at radius 3 is 2.11 bits per heavy atom. The molecule has 1 aliphatic carbocycles. The van der Waals surface area contributed by atoms with Crippen LogP contribution in [0.2, 0.25) is 0 Å². The Bertz CT molecular complexity index is 876. The predicted molar refractivity (Wildman–Crippen MR) is 139 cm³/mol. The number of amides is 3. The number of methoxy groups -OCH3 is 1. The second kappa shape index (κ2) is 17.5. The molecule has 0 heterocycles. The molecule has 2 rings (SSSR count). The summed E-state index contributed by atoms with van der Waals surface area (Å²) in [7, 11) is 1.59. The van der Waals surface area contributed by atoms with Crippen molar-refractivity contribution < 1.29 is 38.1 Å². The van der Waals surface area contributed by atoms with Crippen molar-refractivity contribution in [1.82, 2.24) is 16.0 Å². The Kier molecular flexibility index (Phi) is 14.4. The minimum Gasteiger partial charge on any atom is -0.447 e. The van der Waals surface area contributed by atoms with Gasteiger partial charge in [0.25, 0.3) is 5.91 Å². The van der Waals surface area contributed by atoms with Gasteiger partial charge in [0, 0.05) is 19.6 Å². The lowest BCUT2D eigenvalue weighted by atomic mass is 9.99. The van der Waals surface area contributed by atoms with Crippen molar-refractivity contribution in [2.75, 3.05) is 46.8 Å². The SMILES string of the molecule is COCCOCCOCCOC(=O)N[C@@H](CC(C)C)C(=O)N[C@@H](Cc1ccccc1)C(=O)C(=O)NC1CC1. The molecule has 0 bridgehead atoms. The average Bonchev–Trinajstić information content (AvgIpc) is 3.70. The van der Waals surface area contributed by atoms with Gasteiger partial charge in [-0.15, -0.1) is 0 Å². The van der Waals surface area contributed by atoms with E-state index in [9.17, 15) is 19.2 Å². The smallest absolute Gasteiger partial charge is 0.407 e. The van der Waals surface area contributed by atoms with E-state index in [-0.39, 0.29) is 31.6 Å². The quantitative estimate of drug-likeness (QED) is 0.178. The van der Waals surface area contributed by atoms with Gasteiger partial charge >= 0.3 is 6.09 Å². The van der Waals surface area contributed by atoms with Crippen molar-refractivity contribution in [3.8, 4) is 0 Å². The van der Waals surface area contributed by atoms with Gasteiger partial charge in [0.2, 0.25) is 11.7 Å². The lowest BCUT2D eigenvalue weighted by molar-refractivity contribution is -0.140. The second-order valence-corrected chi connectivity index (χ2v) is 9.54. The fourth-order valence-corrected chi connectivity index (χ4v) is 3.52. The highest BCUT2D eigenvalue weighted by Crippen LogP contribution is 2.18. The third-order valence-corrected chi connectivity index (χ3v) is 5.63. The summed E-state index contributed by atoms with van der Waals surface area (Å²) in [5.74, 6) is -1.93. The lowest BCUT2D eigenvalue weighted by Crippen LogP contribution is -2.55. The Morgan fingerprint density at radius 1 is 0.868 bits per heavy atom. The first-order chi connectivity index (χ1) is 18.3. The topological polar surface area (TPSA) is 141 Å². The second-order valence-electron chi connectivity index (χ2n) is 9.54. The van der Waals surface area contributed by atoms with E-state index in [0.717, 1.165) is 18.4 Å². The van der Waals surface area contributed by atoms with Gasteiger partial charge in [-0.1, -0.05) is 44.2 Å². The number of hydrogen-bond acceptors (Lipinski definition) is 8. The maximum atomic E-state index is 13.2. The van der Waals surface area contributed by atoms with E-state index in [0.29, 0.717) is 32.8 Å². The van der Waals surface area contributed by atoms with E-state index in [4.69, 9.17) is 18.9 Å². The highest BCUT2D eigenvalue weighted by Gasteiger charge is 2.33. The maximum absolute atomic E-state index is 13.2. The van der Waals surface area contributed by atoms with E-state index in [2.05, 4.69) is 16.0 Å². The lowest BCUT2D eigenvalue weighted by Gasteiger charge is -2.23. The molecule has 3 amide bonds. The van der Waals surface area contributed by atoms with E-state index in [1.54, 1.807) is 7.11 Å². The van der Waals surface area contributed by atoms with Crippen LogP contribution in [0.25, 0.3) is 0 Å². The van der Waals surface area contributed by atoms with Crippen molar-refractivity contribution in [3.63, 3.8) is 0 Å². The van der Waals surface area contributed by atoms with Gasteiger partial charge in [0.1, 0.15) is 18.7 Å². The molecule has 0 unspecified atom stereocenters. The first-order valence-corrected chi connectivity index (χ1v) is 13.1. The molecule has 0 radical (unpaired) electrons. The zero-order chi connectivity index (χ0) is 27.8. The van der Waals surface area contributed by atoms with E-state index >= 15 is 0 Å². The number of nitrogens with one attached hydrogen (secondary N) is 3. The molecule has 0 aromatic heterocycles. The van der Waals surface area contributed by atoms with Crippen LogP contribution in [0.5, 0.6) is 0 Å². The molecule has 1 fully saturated rings. The standard InChI is InChI=1S/C27H41N3O8/c1-19(2)17-23(30-27(34)38-16-15-37-14-13-36-12-11-35-3)25(32)29-22(18-20-7-5-4-6-8-20)24(31)26(33)28-21-9-10-21/h4-8,19,21-23H,9-18H2,1-3H3,(H,28,33)(H,29,32)(H,30,34)/t22-,23-/m0/s1. The Labute approximate surface area is 224 Å². The molecule has 38 heavy (non-hydrogen) atoms. The molecule has 1 saturated carbocycles. The van der Waals surface area contributed by atoms with Crippen LogP contribution in [-0.4, -0.2) is 88.6 Å². The number of alkyl carbamates (subject to hydrolysis) is 1. The highest BCUT2D eigenvalue weighted by atomic mass is 16.6. The van der Waals surface area contributed by atoms with Gasteiger partial charge in [0.05, 0.1) is 33.0 Å². The van der Waals surface area contributed by atoms with Crippen molar-refractivity contribution >= 4 is 23.7 Å². The first kappa shape index (κ1) is 31.2. The summed E-state index contributed by atoms with van der Waals surface area (Å²) in [5.41, 5.74) is 0.794. The Morgan fingerprint density at radius 2 is 1.50 bits per heavy atom. The minimum atomic E-state index is -1.07. The first-order valence-electron chi connectivity index (χ1n) is 13.1. The number of ketones is 1. The number of rotatable bonds is 19. The van der Waals surface area contributed by atoms with Crippen LogP contribution in [-0.2, 0) is 39.8 Å². The van der Waals surface area contributed by atoms with Crippen molar-refractivity contribution in [2.45, 2.75) is 57.7 Å². The van der Waals surface area contributed by atoms with Crippen LogP contribution in [0.1, 0.15) is 38.7 Å². The van der Waals surface area contributed by atoms with Gasteiger partial charge in [-0.05, 0) is 30.7 Å². The number of hydrogen-bond donors (Lipinski definition) is 3. The summed E-state index contributed by atoms with van der Waals surface area (Å²) in [4.78, 5) is 51.0. The summed E-state index contributed by atoms with van der Waals surface area (Å²) < 4.78 is 20.6. The molecular weight excluding hydrogens is 494 g/mol. The molecule has 2 atom stereocenters. The maximum Gasteiger partial charge on any atom is 0.407 e. The highest BCUT2D eigenvalue weighted by molar-refractivity contribution is 6.38. The van der Waals surface area contributed by atoms with Crippen molar-refractivity contribution in [1.29, 1.82) is 0 Å². The molecule has 0 aliphatic heterocycles. The summed E-state index contributed by atoms with van der Waals surface area (Å²) in [6.07, 6.45) is 1.36. The van der Waals surface area contributed by atoms with Gasteiger partial charge in [-0.3, -0.25) is 14.4 Å². The number of benzene rings is 1. The predicted octanol–water partition coefficient (Wildman–Crippen LogP) is 1.38. The van der Waals surface area contributed by atoms with E-state index < -0.39 is 35.8 Å². The molecular formula is C27H41N3O8. The van der Waals surface area contributed by atoms with Crippen LogP contribution in [0.4, 0.5) is 4.79 Å². The molecule has 212 valence electrons. The molecule has 3 N–H and O–H groups in total. The summed E-state index contributed by atoms with van der Waals surface area (Å²) >= 11 is 0. The number of carbonyl (C=O) groups is 4. The van der Waals surface area contributed by atoms with E-state index in [1.165, 1.54) is 0 Å². The van der Waals surface area contributed by atoms with E-state index in [1.807, 2.05) is 44.2 Å². The third kappa shape index (κ3) is 13.0. The molecule has 0 saturated heterocycles. The normalized spacial score (nSPS) is 14.4. The number of ether oxygens (including phenoxy) is 4. The van der Waals surface area contributed by atoms with Gasteiger partial charge in [0.15, 0.2) is 0 Å². The van der Waals surface area contributed by atoms with Crippen molar-refractivity contribution in [3.05, 3.63) is 35.9 Å². The van der Waals surface area contributed by atoms with Crippen molar-refractivity contribution in [2.24, 2.45) is 5.92 Å². The Hall–Kier alpha value is -3.02. The molecule has 1 aromatic carbocycles. The molecule has 1 aromatic rings. The van der Waals surface area contributed by atoms with Crippen LogP contribution in [0.3, 0.4) is 0 Å². The number of carbonyl (C=O) groups excluding carboxylic acids is 4. The Balaban J connectivity index is 1.89. The summed E-state index contributed by atoms with van der Waals surface area (Å²) in [6, 6.07) is 7.11. The fourth-order valence-electron chi connectivity index (χ4n) is 3.52. The fraction of sp³-hybridized carbons (Fsp3) is 0.630. The van der Waals surface area contributed by atoms with Gasteiger partial charge in [-0.25, -0.2) is 4.79 Å². The largest absolute Gasteiger partial charge is 0.447 e. The monoisotopic (exact) mass is 535 g/mol. The van der Waals surface area contributed by atoms with Crippen LogP contribution in [0, 0.1) is 5.92 Å². The third-order valence-electron chi connectivity index (χ3n) is 5.63. The zero-order valence-electron chi connectivity index (χ0n) is 22.5. The molecule has 11 nitrogen and oxygen atoms in total. The van der Waals surface area contributed by atoms with Crippen LogP contribution >= 0.6 is 0 Å². The van der Waals surface area contributed by atoms with Gasteiger partial charge in [-0.2, -0.15) is 0 Å². The average molecular weight is 536 g/mol. The molecule has 11 heteroatoms. The summed E-state index contributed by atoms with van der Waals surface area (Å²) in [5, 5.41) is 7.94. The molecule has 0 spiro atoms. The van der Waals surface area contributed by atoms with Crippen LogP contribution in [0.15, 0.2) is 30.3 Å². The minimum absolute atomic E-state index is 0.00359.